The normalized spacial score (nSPS) is 21.0. The molecular formula is C15H27NO3. The molecule has 19 heavy (non-hydrogen) atoms. The van der Waals surface area contributed by atoms with Gasteiger partial charge >= 0.3 is 5.97 Å². The molecule has 0 aromatic heterocycles. The monoisotopic (exact) mass is 269 g/mol. The molecule has 1 amide bonds. The summed E-state index contributed by atoms with van der Waals surface area (Å²) < 4.78 is 0. The Hall–Kier alpha value is -1.06. The van der Waals surface area contributed by atoms with Crippen LogP contribution >= 0.6 is 0 Å². The van der Waals surface area contributed by atoms with Crippen LogP contribution in [0, 0.1) is 16.7 Å². The SMILES string of the molecule is CCC1(C)CCN(C(=O)C(C(=O)O)C(C)(C)C)CC1. The molecule has 1 fully saturated rings. The molecule has 0 radical (unpaired) electrons. The van der Waals surface area contributed by atoms with Gasteiger partial charge in [0.2, 0.25) is 5.91 Å². The highest BCUT2D eigenvalue weighted by atomic mass is 16.4. The van der Waals surface area contributed by atoms with Crippen LogP contribution in [0.2, 0.25) is 0 Å². The summed E-state index contributed by atoms with van der Waals surface area (Å²) in [5, 5.41) is 9.31. The lowest BCUT2D eigenvalue weighted by molar-refractivity contribution is -0.157. The van der Waals surface area contributed by atoms with E-state index in [-0.39, 0.29) is 5.91 Å². The van der Waals surface area contributed by atoms with Gasteiger partial charge in [-0.05, 0) is 23.7 Å². The first-order valence-electron chi connectivity index (χ1n) is 7.12. The van der Waals surface area contributed by atoms with Gasteiger partial charge in [-0.2, -0.15) is 0 Å². The Morgan fingerprint density at radius 1 is 1.26 bits per heavy atom. The van der Waals surface area contributed by atoms with Gasteiger partial charge in [0.1, 0.15) is 5.92 Å². The van der Waals surface area contributed by atoms with Gasteiger partial charge in [-0.15, -0.1) is 0 Å². The minimum absolute atomic E-state index is 0.224. The maximum Gasteiger partial charge on any atom is 0.316 e. The standard InChI is InChI=1S/C15H27NO3/c1-6-15(5)7-9-16(10-8-15)12(17)11(13(18)19)14(2,3)4/h11H,6-10H2,1-5H3,(H,18,19). The number of carboxylic acids is 1. The summed E-state index contributed by atoms with van der Waals surface area (Å²) in [4.78, 5) is 25.5. The fraction of sp³-hybridized carbons (Fsp3) is 0.867. The van der Waals surface area contributed by atoms with E-state index in [0.29, 0.717) is 18.5 Å². The summed E-state index contributed by atoms with van der Waals surface area (Å²) in [6, 6.07) is 0. The Morgan fingerprint density at radius 3 is 2.05 bits per heavy atom. The van der Waals surface area contributed by atoms with E-state index in [1.165, 1.54) is 0 Å². The zero-order valence-corrected chi connectivity index (χ0v) is 12.8. The number of likely N-dealkylation sites (tertiary alicyclic amines) is 1. The average molecular weight is 269 g/mol. The van der Waals surface area contributed by atoms with Gasteiger partial charge in [0.25, 0.3) is 0 Å². The van der Waals surface area contributed by atoms with Gasteiger partial charge in [0.15, 0.2) is 0 Å². The second-order valence-electron chi connectivity index (χ2n) is 7.13. The van der Waals surface area contributed by atoms with E-state index in [1.807, 2.05) is 20.8 Å². The predicted octanol–water partition coefficient (Wildman–Crippen LogP) is 2.77. The first-order valence-corrected chi connectivity index (χ1v) is 7.12. The van der Waals surface area contributed by atoms with Gasteiger partial charge in [0.05, 0.1) is 0 Å². The second-order valence-corrected chi connectivity index (χ2v) is 7.13. The van der Waals surface area contributed by atoms with Crippen LogP contribution in [-0.4, -0.2) is 35.0 Å². The molecule has 110 valence electrons. The van der Waals surface area contributed by atoms with Gasteiger partial charge in [-0.25, -0.2) is 0 Å². The lowest BCUT2D eigenvalue weighted by atomic mass is 9.76. The Bertz CT molecular complexity index is 349. The molecule has 4 heteroatoms. The van der Waals surface area contributed by atoms with Crippen LogP contribution in [0.1, 0.15) is 53.9 Å². The highest BCUT2D eigenvalue weighted by molar-refractivity contribution is 5.97. The minimum atomic E-state index is -1.01. The van der Waals surface area contributed by atoms with Gasteiger partial charge in [-0.1, -0.05) is 41.0 Å². The molecule has 0 spiro atoms. The molecule has 1 N–H and O–H groups in total. The predicted molar refractivity (Wildman–Crippen MR) is 74.8 cm³/mol. The number of carbonyl (C=O) groups is 2. The fourth-order valence-electron chi connectivity index (χ4n) is 2.65. The molecule has 1 atom stereocenters. The maximum atomic E-state index is 12.4. The highest BCUT2D eigenvalue weighted by Crippen LogP contribution is 2.36. The molecule has 1 aliphatic rings. The van der Waals surface area contributed by atoms with E-state index in [0.717, 1.165) is 19.3 Å². The highest BCUT2D eigenvalue weighted by Gasteiger charge is 2.41. The van der Waals surface area contributed by atoms with Crippen molar-refractivity contribution in [1.82, 2.24) is 4.90 Å². The number of piperidine rings is 1. The Morgan fingerprint density at radius 2 is 1.74 bits per heavy atom. The molecular weight excluding hydrogens is 242 g/mol. The van der Waals surface area contributed by atoms with Crippen LogP contribution in [0.4, 0.5) is 0 Å². The summed E-state index contributed by atoms with van der Waals surface area (Å²) in [7, 11) is 0. The van der Waals surface area contributed by atoms with E-state index in [2.05, 4.69) is 13.8 Å². The van der Waals surface area contributed by atoms with E-state index in [9.17, 15) is 14.7 Å². The van der Waals surface area contributed by atoms with Crippen molar-refractivity contribution in [3.05, 3.63) is 0 Å². The molecule has 0 aliphatic carbocycles. The number of hydrogen-bond donors (Lipinski definition) is 1. The van der Waals surface area contributed by atoms with Crippen molar-refractivity contribution in [1.29, 1.82) is 0 Å². The average Bonchev–Trinajstić information content (AvgIpc) is 2.27. The molecule has 1 aliphatic heterocycles. The van der Waals surface area contributed by atoms with Crippen LogP contribution in [-0.2, 0) is 9.59 Å². The molecule has 0 aromatic carbocycles. The van der Waals surface area contributed by atoms with E-state index >= 15 is 0 Å². The molecule has 1 rings (SSSR count). The van der Waals surface area contributed by atoms with E-state index in [4.69, 9.17) is 0 Å². The summed E-state index contributed by atoms with van der Waals surface area (Å²) >= 11 is 0. The molecule has 0 aromatic rings. The quantitative estimate of drug-likeness (QED) is 0.801. The lowest BCUT2D eigenvalue weighted by Crippen LogP contribution is -2.49. The van der Waals surface area contributed by atoms with Crippen molar-refractivity contribution in [2.75, 3.05) is 13.1 Å². The van der Waals surface area contributed by atoms with Crippen LogP contribution in [0.15, 0.2) is 0 Å². The number of carboxylic acid groups (broad SMARTS) is 1. The molecule has 1 saturated heterocycles. The van der Waals surface area contributed by atoms with Crippen molar-refractivity contribution >= 4 is 11.9 Å². The van der Waals surface area contributed by atoms with Crippen molar-refractivity contribution in [2.24, 2.45) is 16.7 Å². The minimum Gasteiger partial charge on any atom is -0.481 e. The number of nitrogens with zero attached hydrogens (tertiary/aromatic N) is 1. The van der Waals surface area contributed by atoms with Crippen LogP contribution in [0.25, 0.3) is 0 Å². The molecule has 0 bridgehead atoms. The number of hydrogen-bond acceptors (Lipinski definition) is 2. The zero-order chi connectivity index (χ0) is 14.8. The first-order chi connectivity index (χ1) is 8.60. The smallest absolute Gasteiger partial charge is 0.316 e. The first kappa shape index (κ1) is 16.0. The van der Waals surface area contributed by atoms with Gasteiger partial charge in [-0.3, -0.25) is 9.59 Å². The summed E-state index contributed by atoms with van der Waals surface area (Å²) in [5.41, 5.74) is -0.244. The molecule has 0 saturated carbocycles. The summed E-state index contributed by atoms with van der Waals surface area (Å²) in [5.74, 6) is -2.18. The number of carbonyl (C=O) groups excluding carboxylic acids is 1. The summed E-state index contributed by atoms with van der Waals surface area (Å²) in [6.07, 6.45) is 3.04. The largest absolute Gasteiger partial charge is 0.481 e. The van der Waals surface area contributed by atoms with Gasteiger partial charge in [0, 0.05) is 13.1 Å². The van der Waals surface area contributed by atoms with Crippen molar-refractivity contribution in [3.8, 4) is 0 Å². The zero-order valence-electron chi connectivity index (χ0n) is 12.8. The third kappa shape index (κ3) is 3.71. The van der Waals surface area contributed by atoms with Crippen LogP contribution in [0.5, 0.6) is 0 Å². The summed E-state index contributed by atoms with van der Waals surface area (Å²) in [6.45, 7) is 11.2. The van der Waals surface area contributed by atoms with Crippen molar-refractivity contribution in [3.63, 3.8) is 0 Å². The van der Waals surface area contributed by atoms with Gasteiger partial charge < -0.3 is 10.0 Å². The van der Waals surface area contributed by atoms with Crippen LogP contribution < -0.4 is 0 Å². The topological polar surface area (TPSA) is 57.6 Å². The third-order valence-electron chi connectivity index (χ3n) is 4.50. The number of amides is 1. The second kappa shape index (κ2) is 5.51. The maximum absolute atomic E-state index is 12.4. The number of rotatable bonds is 3. The third-order valence-corrected chi connectivity index (χ3v) is 4.50. The number of aliphatic carboxylic acids is 1. The fourth-order valence-corrected chi connectivity index (χ4v) is 2.65. The van der Waals surface area contributed by atoms with Crippen LogP contribution in [0.3, 0.4) is 0 Å². The van der Waals surface area contributed by atoms with Crippen molar-refractivity contribution < 1.29 is 14.7 Å². The lowest BCUT2D eigenvalue weighted by Gasteiger charge is -2.41. The Kier molecular flexibility index (Phi) is 4.64. The molecule has 4 nitrogen and oxygen atoms in total. The molecule has 1 heterocycles. The van der Waals surface area contributed by atoms with Crippen molar-refractivity contribution in [2.45, 2.75) is 53.9 Å². The van der Waals surface area contributed by atoms with E-state index < -0.39 is 17.3 Å². The molecule has 1 unspecified atom stereocenters. The Labute approximate surface area is 116 Å². The Balaban J connectivity index is 2.76. The van der Waals surface area contributed by atoms with E-state index in [1.54, 1.807) is 4.90 Å².